The minimum Gasteiger partial charge on any atom is -0.478 e. The fourth-order valence-corrected chi connectivity index (χ4v) is 2.83. The molecular formula is C18H23N5O2. The molecule has 0 radical (unpaired) electrons. The molecule has 1 amide bonds. The summed E-state index contributed by atoms with van der Waals surface area (Å²) in [6.07, 6.45) is 6.50. The third kappa shape index (κ3) is 4.65. The molecule has 0 aliphatic carbocycles. The quantitative estimate of drug-likeness (QED) is 0.794. The number of aromatic nitrogens is 3. The molecule has 0 bridgehead atoms. The van der Waals surface area contributed by atoms with E-state index in [2.05, 4.69) is 19.9 Å². The van der Waals surface area contributed by atoms with Crippen LogP contribution in [-0.2, 0) is 11.2 Å². The number of nitrogens with zero attached hydrogens (tertiary/aromatic N) is 5. The van der Waals surface area contributed by atoms with Crippen molar-refractivity contribution < 1.29 is 9.53 Å². The van der Waals surface area contributed by atoms with Gasteiger partial charge in [0.1, 0.15) is 0 Å². The van der Waals surface area contributed by atoms with Gasteiger partial charge in [0.25, 0.3) is 0 Å². The van der Waals surface area contributed by atoms with Gasteiger partial charge < -0.3 is 14.5 Å². The Hall–Kier alpha value is -2.70. The highest BCUT2D eigenvalue weighted by Gasteiger charge is 2.22. The van der Waals surface area contributed by atoms with E-state index < -0.39 is 0 Å². The maximum Gasteiger partial charge on any atom is 0.228 e. The van der Waals surface area contributed by atoms with E-state index in [1.54, 1.807) is 24.7 Å². The largest absolute Gasteiger partial charge is 0.478 e. The van der Waals surface area contributed by atoms with Gasteiger partial charge in [-0.1, -0.05) is 0 Å². The van der Waals surface area contributed by atoms with E-state index in [1.165, 1.54) is 0 Å². The molecule has 132 valence electrons. The molecule has 0 aromatic carbocycles. The van der Waals surface area contributed by atoms with Crippen molar-refractivity contribution in [2.75, 3.05) is 37.7 Å². The molecule has 25 heavy (non-hydrogen) atoms. The van der Waals surface area contributed by atoms with E-state index in [4.69, 9.17) is 4.74 Å². The maximum absolute atomic E-state index is 12.4. The Kier molecular flexibility index (Phi) is 5.77. The summed E-state index contributed by atoms with van der Waals surface area (Å²) in [5, 5.41) is 0. The van der Waals surface area contributed by atoms with E-state index in [9.17, 15) is 4.79 Å². The summed E-state index contributed by atoms with van der Waals surface area (Å²) in [4.78, 5) is 29.1. The number of ether oxygens (including phenoxy) is 1. The summed E-state index contributed by atoms with van der Waals surface area (Å²) in [6.45, 7) is 5.36. The minimum absolute atomic E-state index is 0.195. The number of rotatable bonds is 6. The molecule has 1 fully saturated rings. The predicted molar refractivity (Wildman–Crippen MR) is 94.6 cm³/mol. The Morgan fingerprint density at radius 3 is 2.60 bits per heavy atom. The van der Waals surface area contributed by atoms with Gasteiger partial charge in [-0.15, -0.1) is 0 Å². The molecule has 0 N–H and O–H groups in total. The molecule has 1 aliphatic rings. The van der Waals surface area contributed by atoms with Crippen molar-refractivity contribution in [3.05, 3.63) is 42.4 Å². The Morgan fingerprint density at radius 1 is 1.12 bits per heavy atom. The third-order valence-electron chi connectivity index (χ3n) is 4.20. The fourth-order valence-electron chi connectivity index (χ4n) is 2.83. The summed E-state index contributed by atoms with van der Waals surface area (Å²) < 4.78 is 5.42. The smallest absolute Gasteiger partial charge is 0.228 e. The summed E-state index contributed by atoms with van der Waals surface area (Å²) in [6, 6.07) is 5.66. The predicted octanol–water partition coefficient (Wildman–Crippen LogP) is 1.55. The maximum atomic E-state index is 12.4. The topological polar surface area (TPSA) is 71.5 Å². The van der Waals surface area contributed by atoms with Crippen LogP contribution in [-0.4, -0.2) is 58.5 Å². The molecular weight excluding hydrogens is 318 g/mol. The van der Waals surface area contributed by atoms with Crippen LogP contribution in [0.25, 0.3) is 0 Å². The van der Waals surface area contributed by atoms with Crippen LogP contribution in [0.15, 0.2) is 36.8 Å². The molecule has 3 heterocycles. The first kappa shape index (κ1) is 17.1. The number of hydrogen-bond acceptors (Lipinski definition) is 6. The normalized spacial score (nSPS) is 14.4. The lowest BCUT2D eigenvalue weighted by Gasteiger charge is -2.34. The summed E-state index contributed by atoms with van der Waals surface area (Å²) in [5.74, 6) is 1.44. The van der Waals surface area contributed by atoms with Gasteiger partial charge in [0, 0.05) is 57.3 Å². The van der Waals surface area contributed by atoms with Crippen LogP contribution in [0.2, 0.25) is 0 Å². The molecule has 1 saturated heterocycles. The Labute approximate surface area is 147 Å². The fraction of sp³-hybridized carbons (Fsp3) is 0.444. The Balaban J connectivity index is 1.49. The second kappa shape index (κ2) is 8.41. The first-order valence-corrected chi connectivity index (χ1v) is 8.63. The van der Waals surface area contributed by atoms with Gasteiger partial charge in [-0.25, -0.2) is 4.98 Å². The van der Waals surface area contributed by atoms with E-state index >= 15 is 0 Å². The molecule has 0 unspecified atom stereocenters. The highest BCUT2D eigenvalue weighted by molar-refractivity contribution is 5.76. The van der Waals surface area contributed by atoms with Crippen molar-refractivity contribution in [1.29, 1.82) is 0 Å². The first-order chi connectivity index (χ1) is 12.3. The number of hydrogen-bond donors (Lipinski definition) is 0. The van der Waals surface area contributed by atoms with Gasteiger partial charge in [-0.3, -0.25) is 9.78 Å². The van der Waals surface area contributed by atoms with Crippen molar-refractivity contribution in [3.8, 4) is 5.88 Å². The van der Waals surface area contributed by atoms with Gasteiger partial charge in [0.15, 0.2) is 0 Å². The van der Waals surface area contributed by atoms with Crippen LogP contribution in [0.1, 0.15) is 18.9 Å². The van der Waals surface area contributed by atoms with Gasteiger partial charge in [0.05, 0.1) is 6.61 Å². The standard InChI is InChI=1S/C18H23N5O2/c1-2-25-16-7-10-20-18(21-16)23-13-11-22(12-14-23)17(24)4-3-15-5-8-19-9-6-15/h5-10H,2-4,11-14H2,1H3. The number of amides is 1. The zero-order chi connectivity index (χ0) is 17.5. The number of carbonyl (C=O) groups excluding carboxylic acids is 1. The number of pyridine rings is 1. The lowest BCUT2D eigenvalue weighted by Crippen LogP contribution is -2.49. The van der Waals surface area contributed by atoms with Crippen LogP contribution in [0, 0.1) is 0 Å². The molecule has 0 saturated carbocycles. The van der Waals surface area contributed by atoms with Gasteiger partial charge >= 0.3 is 0 Å². The molecule has 1 aliphatic heterocycles. The van der Waals surface area contributed by atoms with Crippen LogP contribution in [0.5, 0.6) is 5.88 Å². The van der Waals surface area contributed by atoms with E-state index in [0.29, 0.717) is 37.9 Å². The molecule has 2 aromatic rings. The Bertz CT molecular complexity index is 687. The molecule has 7 heteroatoms. The average Bonchev–Trinajstić information content (AvgIpc) is 2.67. The number of aryl methyl sites for hydroxylation is 1. The van der Waals surface area contributed by atoms with Crippen LogP contribution in [0.4, 0.5) is 5.95 Å². The molecule has 0 spiro atoms. The van der Waals surface area contributed by atoms with Crippen LogP contribution >= 0.6 is 0 Å². The number of piperazine rings is 1. The highest BCUT2D eigenvalue weighted by Crippen LogP contribution is 2.15. The van der Waals surface area contributed by atoms with Crippen LogP contribution in [0.3, 0.4) is 0 Å². The van der Waals surface area contributed by atoms with Gasteiger partial charge in [0.2, 0.25) is 17.7 Å². The van der Waals surface area contributed by atoms with Crippen LogP contribution < -0.4 is 9.64 Å². The zero-order valence-corrected chi connectivity index (χ0v) is 14.5. The first-order valence-electron chi connectivity index (χ1n) is 8.63. The summed E-state index contributed by atoms with van der Waals surface area (Å²) in [5.41, 5.74) is 1.14. The van der Waals surface area contributed by atoms with Crippen molar-refractivity contribution >= 4 is 11.9 Å². The molecule has 3 rings (SSSR count). The zero-order valence-electron chi connectivity index (χ0n) is 14.5. The lowest BCUT2D eigenvalue weighted by molar-refractivity contribution is -0.131. The Morgan fingerprint density at radius 2 is 1.88 bits per heavy atom. The molecule has 2 aromatic heterocycles. The van der Waals surface area contributed by atoms with Crippen molar-refractivity contribution in [3.63, 3.8) is 0 Å². The second-order valence-corrected chi connectivity index (χ2v) is 5.85. The highest BCUT2D eigenvalue weighted by atomic mass is 16.5. The monoisotopic (exact) mass is 341 g/mol. The van der Waals surface area contributed by atoms with Crippen molar-refractivity contribution in [2.45, 2.75) is 19.8 Å². The van der Waals surface area contributed by atoms with Crippen molar-refractivity contribution in [2.24, 2.45) is 0 Å². The van der Waals surface area contributed by atoms with Crippen molar-refractivity contribution in [1.82, 2.24) is 19.9 Å². The molecule has 0 atom stereocenters. The number of carbonyl (C=O) groups is 1. The summed E-state index contributed by atoms with van der Waals surface area (Å²) >= 11 is 0. The lowest BCUT2D eigenvalue weighted by atomic mass is 10.1. The SMILES string of the molecule is CCOc1ccnc(N2CCN(C(=O)CCc3ccncc3)CC2)n1. The van der Waals surface area contributed by atoms with E-state index in [1.807, 2.05) is 24.0 Å². The average molecular weight is 341 g/mol. The second-order valence-electron chi connectivity index (χ2n) is 5.85. The van der Waals surface area contributed by atoms with E-state index in [-0.39, 0.29) is 5.91 Å². The van der Waals surface area contributed by atoms with Gasteiger partial charge in [-0.05, 0) is 31.0 Å². The number of anilines is 1. The minimum atomic E-state index is 0.195. The van der Waals surface area contributed by atoms with E-state index in [0.717, 1.165) is 25.1 Å². The summed E-state index contributed by atoms with van der Waals surface area (Å²) in [7, 11) is 0. The third-order valence-corrected chi connectivity index (χ3v) is 4.20. The molecule has 7 nitrogen and oxygen atoms in total. The van der Waals surface area contributed by atoms with Gasteiger partial charge in [-0.2, -0.15) is 4.98 Å².